The average Bonchev–Trinajstić information content (AvgIpc) is 2.79. The molecule has 0 fully saturated rings. The number of amides is 2. The first kappa shape index (κ1) is 17.6. The first-order valence-electron chi connectivity index (χ1n) is 8.00. The van der Waals surface area contributed by atoms with Gasteiger partial charge < -0.3 is 15.4 Å². The highest BCUT2D eigenvalue weighted by Crippen LogP contribution is 2.36. The van der Waals surface area contributed by atoms with Crippen LogP contribution in [0.2, 0.25) is 5.02 Å². The Balaban J connectivity index is 1.64. The monoisotopic (exact) mass is 442 g/mol. The quantitative estimate of drug-likeness (QED) is 0.533. The van der Waals surface area contributed by atoms with Gasteiger partial charge in [-0.25, -0.2) is 0 Å². The highest BCUT2D eigenvalue weighted by molar-refractivity contribution is 9.10. The van der Waals surface area contributed by atoms with E-state index in [4.69, 9.17) is 16.3 Å². The molecule has 27 heavy (non-hydrogen) atoms. The van der Waals surface area contributed by atoms with Crippen LogP contribution in [0.15, 0.2) is 65.1 Å². The molecule has 3 aromatic rings. The summed E-state index contributed by atoms with van der Waals surface area (Å²) in [6.45, 7) is 0. The van der Waals surface area contributed by atoms with Crippen molar-refractivity contribution in [2.45, 2.75) is 0 Å². The van der Waals surface area contributed by atoms with E-state index in [-0.39, 0.29) is 11.8 Å². The minimum atomic E-state index is -0.375. The van der Waals surface area contributed by atoms with Gasteiger partial charge in [-0.3, -0.25) is 9.59 Å². The van der Waals surface area contributed by atoms with Gasteiger partial charge in [0.2, 0.25) is 0 Å². The SMILES string of the molecule is O=C(Nc1ccc2c(c1)C(=O)Nc1ccccc1O2)c1cc(Br)ccc1Cl. The van der Waals surface area contributed by atoms with Crippen molar-refractivity contribution in [1.82, 2.24) is 0 Å². The van der Waals surface area contributed by atoms with Gasteiger partial charge in [0, 0.05) is 10.2 Å². The Morgan fingerprint density at radius 1 is 1.04 bits per heavy atom. The molecule has 1 heterocycles. The third kappa shape index (κ3) is 3.54. The van der Waals surface area contributed by atoms with Crippen LogP contribution in [0.1, 0.15) is 20.7 Å². The molecule has 0 aromatic heterocycles. The van der Waals surface area contributed by atoms with Gasteiger partial charge >= 0.3 is 0 Å². The van der Waals surface area contributed by atoms with Crippen LogP contribution in [0.5, 0.6) is 11.5 Å². The molecular formula is C20H12BrClN2O3. The summed E-state index contributed by atoms with van der Waals surface area (Å²) in [4.78, 5) is 25.1. The minimum absolute atomic E-state index is 0.313. The van der Waals surface area contributed by atoms with Crippen molar-refractivity contribution in [1.29, 1.82) is 0 Å². The predicted molar refractivity (Wildman–Crippen MR) is 108 cm³/mol. The summed E-state index contributed by atoms with van der Waals surface area (Å²) in [7, 11) is 0. The van der Waals surface area contributed by atoms with Gasteiger partial charge in [-0.1, -0.05) is 39.7 Å². The lowest BCUT2D eigenvalue weighted by molar-refractivity contribution is 0.101. The van der Waals surface area contributed by atoms with Gasteiger partial charge in [0.1, 0.15) is 5.75 Å². The molecule has 2 amide bonds. The van der Waals surface area contributed by atoms with Gasteiger partial charge in [-0.05, 0) is 48.5 Å². The Hall–Kier alpha value is -2.83. The fourth-order valence-corrected chi connectivity index (χ4v) is 3.28. The number of carbonyl (C=O) groups excluding carboxylic acids is 2. The first-order valence-corrected chi connectivity index (χ1v) is 9.17. The second kappa shape index (κ2) is 7.06. The number of anilines is 2. The molecule has 0 bridgehead atoms. The Bertz CT molecular complexity index is 1080. The van der Waals surface area contributed by atoms with E-state index in [1.54, 1.807) is 48.5 Å². The lowest BCUT2D eigenvalue weighted by Crippen LogP contribution is -2.14. The number of nitrogens with one attached hydrogen (secondary N) is 2. The molecule has 2 N–H and O–H groups in total. The number of benzene rings is 3. The Morgan fingerprint density at radius 3 is 2.70 bits per heavy atom. The second-order valence-corrected chi connectivity index (χ2v) is 7.16. The molecule has 0 unspecified atom stereocenters. The molecule has 1 aliphatic rings. The highest BCUT2D eigenvalue weighted by atomic mass is 79.9. The molecule has 0 aliphatic carbocycles. The normalized spacial score (nSPS) is 12.1. The average molecular weight is 444 g/mol. The number of rotatable bonds is 2. The topological polar surface area (TPSA) is 67.4 Å². The van der Waals surface area contributed by atoms with Crippen molar-refractivity contribution in [3.63, 3.8) is 0 Å². The van der Waals surface area contributed by atoms with Gasteiger partial charge in [0.15, 0.2) is 5.75 Å². The first-order chi connectivity index (χ1) is 13.0. The third-order valence-electron chi connectivity index (χ3n) is 4.01. The minimum Gasteiger partial charge on any atom is -0.454 e. The van der Waals surface area contributed by atoms with Crippen LogP contribution >= 0.6 is 27.5 Å². The molecule has 7 heteroatoms. The maximum absolute atomic E-state index is 12.5. The highest BCUT2D eigenvalue weighted by Gasteiger charge is 2.21. The fourth-order valence-electron chi connectivity index (χ4n) is 2.71. The number of halogens is 2. The van der Waals surface area contributed by atoms with E-state index >= 15 is 0 Å². The van der Waals surface area contributed by atoms with Crippen LogP contribution in [0.3, 0.4) is 0 Å². The third-order valence-corrected chi connectivity index (χ3v) is 4.83. The van der Waals surface area contributed by atoms with Crippen LogP contribution in [0.4, 0.5) is 11.4 Å². The molecule has 0 saturated carbocycles. The van der Waals surface area contributed by atoms with Crippen LogP contribution in [0, 0.1) is 0 Å². The second-order valence-electron chi connectivity index (χ2n) is 5.84. The molecule has 4 rings (SSSR count). The van der Waals surface area contributed by atoms with Crippen LogP contribution in [-0.2, 0) is 0 Å². The zero-order valence-corrected chi connectivity index (χ0v) is 16.1. The summed E-state index contributed by atoms with van der Waals surface area (Å²) < 4.78 is 6.57. The summed E-state index contributed by atoms with van der Waals surface area (Å²) in [5, 5.41) is 5.90. The zero-order valence-electron chi connectivity index (χ0n) is 13.8. The van der Waals surface area contributed by atoms with Crippen molar-refractivity contribution in [3.05, 3.63) is 81.3 Å². The molecule has 3 aromatic carbocycles. The van der Waals surface area contributed by atoms with Gasteiger partial charge in [0.05, 0.1) is 21.8 Å². The van der Waals surface area contributed by atoms with E-state index in [0.717, 1.165) is 4.47 Å². The molecule has 0 saturated heterocycles. The van der Waals surface area contributed by atoms with E-state index in [0.29, 0.717) is 39.0 Å². The molecule has 5 nitrogen and oxygen atoms in total. The van der Waals surface area contributed by atoms with E-state index in [1.165, 1.54) is 0 Å². The summed E-state index contributed by atoms with van der Waals surface area (Å²) in [5.41, 5.74) is 1.70. The van der Waals surface area contributed by atoms with Gasteiger partial charge in [-0.2, -0.15) is 0 Å². The molecule has 0 atom stereocenters. The standard InChI is InChI=1S/C20H12BrClN2O3/c21-11-5-7-15(22)13(9-11)19(25)23-12-6-8-17-14(10-12)20(26)24-16-3-1-2-4-18(16)27-17/h1-10H,(H,23,25)(H,24,26). The van der Waals surface area contributed by atoms with Gasteiger partial charge in [0.25, 0.3) is 11.8 Å². The maximum Gasteiger partial charge on any atom is 0.259 e. The zero-order chi connectivity index (χ0) is 19.0. The van der Waals surface area contributed by atoms with Crippen LogP contribution in [0.25, 0.3) is 0 Å². The largest absolute Gasteiger partial charge is 0.454 e. The van der Waals surface area contributed by atoms with E-state index < -0.39 is 0 Å². The van der Waals surface area contributed by atoms with Crippen molar-refractivity contribution in [2.75, 3.05) is 10.6 Å². The molecular weight excluding hydrogens is 432 g/mol. The lowest BCUT2D eigenvalue weighted by atomic mass is 10.1. The molecule has 134 valence electrons. The predicted octanol–water partition coefficient (Wildman–Crippen LogP) is 5.71. The molecule has 0 spiro atoms. The number of ether oxygens (including phenoxy) is 1. The van der Waals surface area contributed by atoms with Crippen LogP contribution < -0.4 is 15.4 Å². The molecule has 0 radical (unpaired) electrons. The Labute approximate surface area is 168 Å². The van der Waals surface area contributed by atoms with Crippen LogP contribution in [-0.4, -0.2) is 11.8 Å². The fraction of sp³-hybridized carbons (Fsp3) is 0. The summed E-state index contributed by atoms with van der Waals surface area (Å²) in [6, 6.07) is 17.1. The van der Waals surface area contributed by atoms with E-state index in [1.807, 2.05) is 12.1 Å². The number of hydrogen-bond acceptors (Lipinski definition) is 3. The maximum atomic E-state index is 12.5. The smallest absolute Gasteiger partial charge is 0.259 e. The van der Waals surface area contributed by atoms with E-state index in [2.05, 4.69) is 26.6 Å². The number of para-hydroxylation sites is 2. The Morgan fingerprint density at radius 2 is 1.85 bits per heavy atom. The summed E-state index contributed by atoms with van der Waals surface area (Å²) in [6.07, 6.45) is 0. The number of carbonyl (C=O) groups is 2. The van der Waals surface area contributed by atoms with Crippen molar-refractivity contribution in [3.8, 4) is 11.5 Å². The lowest BCUT2D eigenvalue weighted by Gasteiger charge is -2.10. The summed E-state index contributed by atoms with van der Waals surface area (Å²) in [5.74, 6) is 0.282. The van der Waals surface area contributed by atoms with Crippen molar-refractivity contribution >= 4 is 50.7 Å². The van der Waals surface area contributed by atoms with Crippen molar-refractivity contribution < 1.29 is 14.3 Å². The number of fused-ring (bicyclic) bond motifs is 2. The number of hydrogen-bond donors (Lipinski definition) is 2. The summed E-state index contributed by atoms with van der Waals surface area (Å²) >= 11 is 9.43. The molecule has 1 aliphatic heterocycles. The Kier molecular flexibility index (Phi) is 4.59. The van der Waals surface area contributed by atoms with Gasteiger partial charge in [-0.15, -0.1) is 0 Å². The van der Waals surface area contributed by atoms with Crippen molar-refractivity contribution in [2.24, 2.45) is 0 Å². The van der Waals surface area contributed by atoms with E-state index in [9.17, 15) is 9.59 Å².